The summed E-state index contributed by atoms with van der Waals surface area (Å²) >= 11 is 0. The monoisotopic (exact) mass is 329 g/mol. The summed E-state index contributed by atoms with van der Waals surface area (Å²) in [6, 6.07) is 2.06. The number of ether oxygens (including phenoxy) is 1. The van der Waals surface area contributed by atoms with Gasteiger partial charge >= 0.3 is 0 Å². The van der Waals surface area contributed by atoms with Crippen LogP contribution in [0, 0.1) is 20.8 Å². The summed E-state index contributed by atoms with van der Waals surface area (Å²) in [6.45, 7) is 11.6. The summed E-state index contributed by atoms with van der Waals surface area (Å²) in [5.41, 5.74) is 4.84. The van der Waals surface area contributed by atoms with E-state index in [4.69, 9.17) is 4.74 Å². The average molecular weight is 329 g/mol. The lowest BCUT2D eigenvalue weighted by molar-refractivity contribution is 0.193. The number of nitrogens with one attached hydrogen (secondary N) is 1. The van der Waals surface area contributed by atoms with Gasteiger partial charge in [0.1, 0.15) is 11.6 Å². The van der Waals surface area contributed by atoms with Gasteiger partial charge < -0.3 is 10.1 Å². The van der Waals surface area contributed by atoms with Gasteiger partial charge in [0.05, 0.1) is 24.5 Å². The molecule has 1 atom stereocenters. The van der Waals surface area contributed by atoms with Gasteiger partial charge in [-0.25, -0.2) is 9.97 Å². The van der Waals surface area contributed by atoms with Crippen LogP contribution in [0.5, 0.6) is 0 Å². The Morgan fingerprint density at radius 3 is 2.79 bits per heavy atom. The van der Waals surface area contributed by atoms with Gasteiger partial charge in [-0.2, -0.15) is 5.10 Å². The first-order chi connectivity index (χ1) is 11.6. The minimum Gasteiger partial charge on any atom is -0.381 e. The zero-order valence-electron chi connectivity index (χ0n) is 15.1. The average Bonchev–Trinajstić information content (AvgIpc) is 3.16. The maximum Gasteiger partial charge on any atom is 0.129 e. The molecule has 0 unspecified atom stereocenters. The van der Waals surface area contributed by atoms with E-state index in [0.29, 0.717) is 5.92 Å². The molecule has 130 valence electrons. The molecule has 3 heterocycles. The zero-order valence-corrected chi connectivity index (χ0v) is 15.1. The molecule has 0 radical (unpaired) electrons. The normalized spacial score (nSPS) is 17.4. The summed E-state index contributed by atoms with van der Waals surface area (Å²) in [4.78, 5) is 9.08. The number of hydrogen-bond donors (Lipinski definition) is 1. The van der Waals surface area contributed by atoms with Gasteiger partial charge in [0.2, 0.25) is 0 Å². The van der Waals surface area contributed by atoms with E-state index in [0.717, 1.165) is 62.2 Å². The van der Waals surface area contributed by atoms with Gasteiger partial charge in [0.25, 0.3) is 0 Å². The second-order valence-electron chi connectivity index (χ2n) is 6.44. The Bertz CT molecular complexity index is 704. The van der Waals surface area contributed by atoms with Crippen LogP contribution in [0.1, 0.15) is 47.7 Å². The van der Waals surface area contributed by atoms with E-state index in [1.165, 1.54) is 11.3 Å². The molecule has 3 rings (SSSR count). The maximum absolute atomic E-state index is 5.48. The maximum atomic E-state index is 5.48. The van der Waals surface area contributed by atoms with E-state index in [1.807, 2.05) is 6.92 Å². The van der Waals surface area contributed by atoms with Crippen LogP contribution < -0.4 is 5.32 Å². The van der Waals surface area contributed by atoms with Crippen LogP contribution in [0.15, 0.2) is 6.07 Å². The van der Waals surface area contributed by atoms with Crippen LogP contribution in [0.4, 0.5) is 5.82 Å². The van der Waals surface area contributed by atoms with Crippen molar-refractivity contribution in [2.24, 2.45) is 0 Å². The molecule has 0 aliphatic carbocycles. The number of hydrogen-bond acceptors (Lipinski definition) is 5. The Morgan fingerprint density at radius 1 is 1.29 bits per heavy atom. The predicted molar refractivity (Wildman–Crippen MR) is 94.5 cm³/mol. The third-order valence-electron chi connectivity index (χ3n) is 4.72. The highest BCUT2D eigenvalue weighted by Gasteiger charge is 2.20. The number of nitrogens with zero attached hydrogens (tertiary/aromatic N) is 4. The quantitative estimate of drug-likeness (QED) is 0.883. The van der Waals surface area contributed by atoms with Crippen molar-refractivity contribution >= 4 is 5.82 Å². The van der Waals surface area contributed by atoms with Crippen LogP contribution in [-0.2, 0) is 17.7 Å². The fourth-order valence-electron chi connectivity index (χ4n) is 3.41. The molecule has 0 bridgehead atoms. The molecule has 6 heteroatoms. The number of anilines is 1. The molecule has 0 spiro atoms. The van der Waals surface area contributed by atoms with Crippen molar-refractivity contribution in [3.05, 3.63) is 34.5 Å². The van der Waals surface area contributed by atoms with Gasteiger partial charge in [-0.3, -0.25) is 4.68 Å². The lowest BCUT2D eigenvalue weighted by Crippen LogP contribution is -2.15. The van der Waals surface area contributed by atoms with E-state index >= 15 is 0 Å². The smallest absolute Gasteiger partial charge is 0.129 e. The molecule has 1 aliphatic heterocycles. The lowest BCUT2D eigenvalue weighted by Gasteiger charge is -2.12. The molecule has 2 aromatic heterocycles. The standard InChI is InChI=1S/C18H27N5O/c1-5-16-12(2)22-23(13(16)3)8-7-19-18-10-17(20-14(4)21-18)15-6-9-24-11-15/h10,15H,5-9,11H2,1-4H3,(H,19,20,21)/t15-/m0/s1. The first kappa shape index (κ1) is 16.9. The van der Waals surface area contributed by atoms with Crippen LogP contribution in [0.2, 0.25) is 0 Å². The summed E-state index contributed by atoms with van der Waals surface area (Å²) < 4.78 is 7.56. The first-order valence-corrected chi connectivity index (χ1v) is 8.78. The van der Waals surface area contributed by atoms with Crippen LogP contribution in [0.3, 0.4) is 0 Å². The van der Waals surface area contributed by atoms with Gasteiger partial charge in [-0.15, -0.1) is 0 Å². The van der Waals surface area contributed by atoms with Crippen molar-refractivity contribution in [1.29, 1.82) is 0 Å². The topological polar surface area (TPSA) is 64.9 Å². The van der Waals surface area contributed by atoms with Crippen molar-refractivity contribution < 1.29 is 4.74 Å². The van der Waals surface area contributed by atoms with Crippen molar-refractivity contribution in [2.75, 3.05) is 25.1 Å². The molecular weight excluding hydrogens is 302 g/mol. The molecular formula is C18H27N5O. The Labute approximate surface area is 143 Å². The highest BCUT2D eigenvalue weighted by atomic mass is 16.5. The lowest BCUT2D eigenvalue weighted by atomic mass is 10.0. The van der Waals surface area contributed by atoms with E-state index in [2.05, 4.69) is 51.9 Å². The Morgan fingerprint density at radius 2 is 2.12 bits per heavy atom. The van der Waals surface area contributed by atoms with Gasteiger partial charge in [0.15, 0.2) is 0 Å². The molecule has 24 heavy (non-hydrogen) atoms. The predicted octanol–water partition coefficient (Wildman–Crippen LogP) is 2.78. The van der Waals surface area contributed by atoms with E-state index in [1.54, 1.807) is 0 Å². The third kappa shape index (κ3) is 3.59. The molecule has 0 saturated carbocycles. The summed E-state index contributed by atoms with van der Waals surface area (Å²) in [7, 11) is 0. The summed E-state index contributed by atoms with van der Waals surface area (Å²) in [6.07, 6.45) is 2.07. The fraction of sp³-hybridized carbons (Fsp3) is 0.611. The zero-order chi connectivity index (χ0) is 17.1. The van der Waals surface area contributed by atoms with Crippen LogP contribution in [0.25, 0.3) is 0 Å². The van der Waals surface area contributed by atoms with Crippen molar-refractivity contribution in [1.82, 2.24) is 19.7 Å². The van der Waals surface area contributed by atoms with E-state index in [-0.39, 0.29) is 0 Å². The van der Waals surface area contributed by atoms with Gasteiger partial charge in [-0.1, -0.05) is 6.92 Å². The third-order valence-corrected chi connectivity index (χ3v) is 4.72. The van der Waals surface area contributed by atoms with Crippen molar-refractivity contribution in [3.8, 4) is 0 Å². The Balaban J connectivity index is 1.64. The van der Waals surface area contributed by atoms with Gasteiger partial charge in [0, 0.05) is 30.8 Å². The first-order valence-electron chi connectivity index (χ1n) is 8.78. The molecule has 1 aliphatic rings. The molecule has 6 nitrogen and oxygen atoms in total. The second kappa shape index (κ2) is 7.30. The van der Waals surface area contributed by atoms with Crippen molar-refractivity contribution in [2.45, 2.75) is 53.0 Å². The second-order valence-corrected chi connectivity index (χ2v) is 6.44. The fourth-order valence-corrected chi connectivity index (χ4v) is 3.41. The highest BCUT2D eigenvalue weighted by molar-refractivity contribution is 5.37. The SMILES string of the molecule is CCc1c(C)nn(CCNc2cc([C@H]3CCOC3)nc(C)n2)c1C. The largest absolute Gasteiger partial charge is 0.381 e. The molecule has 0 aromatic carbocycles. The number of aryl methyl sites for hydroxylation is 2. The van der Waals surface area contributed by atoms with E-state index < -0.39 is 0 Å². The summed E-state index contributed by atoms with van der Waals surface area (Å²) in [5.74, 6) is 2.10. The molecule has 1 fully saturated rings. The number of aromatic nitrogens is 4. The van der Waals surface area contributed by atoms with Crippen LogP contribution in [-0.4, -0.2) is 39.5 Å². The Kier molecular flexibility index (Phi) is 5.14. The summed E-state index contributed by atoms with van der Waals surface area (Å²) in [5, 5.41) is 8.06. The minimum atomic E-state index is 0.398. The Hall–Kier alpha value is -1.95. The minimum absolute atomic E-state index is 0.398. The van der Waals surface area contributed by atoms with E-state index in [9.17, 15) is 0 Å². The number of rotatable bonds is 6. The molecule has 1 N–H and O–H groups in total. The van der Waals surface area contributed by atoms with Crippen LogP contribution >= 0.6 is 0 Å². The molecule has 1 saturated heterocycles. The van der Waals surface area contributed by atoms with Gasteiger partial charge in [-0.05, 0) is 39.2 Å². The molecule has 2 aromatic rings. The highest BCUT2D eigenvalue weighted by Crippen LogP contribution is 2.25. The van der Waals surface area contributed by atoms with Crippen molar-refractivity contribution in [3.63, 3.8) is 0 Å². The molecule has 0 amide bonds.